The number of benzene rings is 1. The number of thioether (sulfide) groups is 1. The second kappa shape index (κ2) is 10.2. The van der Waals surface area contributed by atoms with Crippen molar-refractivity contribution in [3.05, 3.63) is 35.4 Å². The Kier molecular flexibility index (Phi) is 8.25. The average Bonchev–Trinajstić information content (AvgIpc) is 2.67. The zero-order valence-corrected chi connectivity index (χ0v) is 16.9. The van der Waals surface area contributed by atoms with Crippen molar-refractivity contribution in [3.8, 4) is 0 Å². The van der Waals surface area contributed by atoms with Gasteiger partial charge in [-0.3, -0.25) is 9.59 Å². The molecule has 0 aromatic heterocycles. The van der Waals surface area contributed by atoms with E-state index >= 15 is 0 Å². The number of piperazine rings is 1. The fraction of sp³-hybridized carbons (Fsp3) is 0.579. The van der Waals surface area contributed by atoms with E-state index in [2.05, 4.69) is 24.4 Å². The molecule has 1 aromatic carbocycles. The Bertz CT molecular complexity index is 611. The summed E-state index contributed by atoms with van der Waals surface area (Å²) in [6.07, 6.45) is 1.95. The summed E-state index contributed by atoms with van der Waals surface area (Å²) in [6, 6.07) is 8.14. The highest BCUT2D eigenvalue weighted by Gasteiger charge is 2.31. The van der Waals surface area contributed by atoms with Gasteiger partial charge < -0.3 is 15.1 Å². The Morgan fingerprint density at radius 2 is 2.04 bits per heavy atom. The Morgan fingerprint density at radius 1 is 1.27 bits per heavy atom. The molecule has 2 saturated heterocycles. The number of rotatable bonds is 5. The Balaban J connectivity index is 0.00000243. The van der Waals surface area contributed by atoms with Crippen molar-refractivity contribution < 1.29 is 9.59 Å². The van der Waals surface area contributed by atoms with Crippen molar-refractivity contribution in [2.45, 2.75) is 31.6 Å². The molecule has 2 aliphatic rings. The van der Waals surface area contributed by atoms with Gasteiger partial charge in [-0.05, 0) is 36.3 Å². The van der Waals surface area contributed by atoms with Gasteiger partial charge in [0.25, 0.3) is 5.91 Å². The van der Waals surface area contributed by atoms with Crippen LogP contribution in [0.4, 0.5) is 0 Å². The predicted octanol–water partition coefficient (Wildman–Crippen LogP) is 2.40. The van der Waals surface area contributed by atoms with Gasteiger partial charge in [0.15, 0.2) is 0 Å². The molecule has 7 heteroatoms. The first-order chi connectivity index (χ1) is 12.2. The summed E-state index contributed by atoms with van der Waals surface area (Å²) in [7, 11) is 0. The fourth-order valence-electron chi connectivity index (χ4n) is 3.55. The van der Waals surface area contributed by atoms with Crippen molar-refractivity contribution in [2.24, 2.45) is 0 Å². The van der Waals surface area contributed by atoms with Gasteiger partial charge in [0.1, 0.15) is 0 Å². The molecule has 2 amide bonds. The van der Waals surface area contributed by atoms with E-state index in [1.54, 1.807) is 0 Å². The minimum Gasteiger partial charge on any atom is -0.337 e. The molecular weight excluding hydrogens is 370 g/mol. The standard InChI is InChI=1S/C19H27N3O2S.ClH/c1-2-25-14-15-5-7-16(8-6-15)19(24)21-10-3-4-17(13-21)22-11-9-20-12-18(22)23;/h5-8,17,20H,2-4,9-14H2,1H3;1H. The first-order valence-electron chi connectivity index (χ1n) is 9.15. The van der Waals surface area contributed by atoms with Crippen LogP contribution in [0.1, 0.15) is 35.7 Å². The molecule has 1 aromatic rings. The zero-order chi connectivity index (χ0) is 17.6. The molecule has 0 spiro atoms. The number of halogens is 1. The molecule has 0 saturated carbocycles. The third-order valence-corrected chi connectivity index (χ3v) is 5.87. The summed E-state index contributed by atoms with van der Waals surface area (Å²) >= 11 is 1.88. The molecule has 0 radical (unpaired) electrons. The molecule has 144 valence electrons. The largest absolute Gasteiger partial charge is 0.337 e. The second-order valence-corrected chi connectivity index (χ2v) is 7.92. The van der Waals surface area contributed by atoms with Crippen LogP contribution in [-0.4, -0.2) is 66.1 Å². The molecule has 0 bridgehead atoms. The highest BCUT2D eigenvalue weighted by Crippen LogP contribution is 2.20. The highest BCUT2D eigenvalue weighted by atomic mass is 35.5. The van der Waals surface area contributed by atoms with Gasteiger partial charge in [-0.2, -0.15) is 11.8 Å². The molecule has 2 fully saturated rings. The lowest BCUT2D eigenvalue weighted by atomic mass is 10.0. The third-order valence-electron chi connectivity index (χ3n) is 4.92. The summed E-state index contributed by atoms with van der Waals surface area (Å²) in [5.41, 5.74) is 2.00. The monoisotopic (exact) mass is 397 g/mol. The van der Waals surface area contributed by atoms with E-state index in [-0.39, 0.29) is 30.3 Å². The van der Waals surface area contributed by atoms with Gasteiger partial charge in [-0.25, -0.2) is 0 Å². The maximum atomic E-state index is 12.8. The van der Waals surface area contributed by atoms with Crippen LogP contribution < -0.4 is 5.32 Å². The summed E-state index contributed by atoms with van der Waals surface area (Å²) in [5, 5.41) is 3.11. The van der Waals surface area contributed by atoms with Gasteiger partial charge in [0.2, 0.25) is 5.91 Å². The van der Waals surface area contributed by atoms with Crippen molar-refractivity contribution in [3.63, 3.8) is 0 Å². The van der Waals surface area contributed by atoms with E-state index in [1.165, 1.54) is 5.56 Å². The van der Waals surface area contributed by atoms with Gasteiger partial charge in [0.05, 0.1) is 6.54 Å². The van der Waals surface area contributed by atoms with Crippen LogP contribution >= 0.6 is 24.2 Å². The van der Waals surface area contributed by atoms with E-state index in [4.69, 9.17) is 0 Å². The summed E-state index contributed by atoms with van der Waals surface area (Å²) in [4.78, 5) is 28.8. The Morgan fingerprint density at radius 3 is 2.73 bits per heavy atom. The van der Waals surface area contributed by atoms with Crippen molar-refractivity contribution in [2.75, 3.05) is 38.5 Å². The third kappa shape index (κ3) is 5.15. The number of hydrogen-bond acceptors (Lipinski definition) is 4. The minimum atomic E-state index is 0. The summed E-state index contributed by atoms with van der Waals surface area (Å²) < 4.78 is 0. The number of nitrogens with one attached hydrogen (secondary N) is 1. The van der Waals surface area contributed by atoms with Gasteiger partial charge in [0, 0.05) is 43.5 Å². The van der Waals surface area contributed by atoms with Crippen molar-refractivity contribution >= 4 is 36.0 Å². The smallest absolute Gasteiger partial charge is 0.253 e. The van der Waals surface area contributed by atoms with Crippen molar-refractivity contribution in [1.82, 2.24) is 15.1 Å². The molecular formula is C19H28ClN3O2S. The average molecular weight is 398 g/mol. The number of piperidine rings is 1. The Labute approximate surface area is 166 Å². The number of carbonyl (C=O) groups excluding carboxylic acids is 2. The first-order valence-corrected chi connectivity index (χ1v) is 10.3. The maximum absolute atomic E-state index is 12.8. The van der Waals surface area contributed by atoms with Gasteiger partial charge in [-0.15, -0.1) is 12.4 Å². The molecule has 3 rings (SSSR count). The van der Waals surface area contributed by atoms with E-state index < -0.39 is 0 Å². The lowest BCUT2D eigenvalue weighted by Crippen LogP contribution is -2.57. The number of likely N-dealkylation sites (tertiary alicyclic amines) is 1. The predicted molar refractivity (Wildman–Crippen MR) is 109 cm³/mol. The molecule has 26 heavy (non-hydrogen) atoms. The molecule has 2 aliphatic heterocycles. The number of nitrogens with zero attached hydrogens (tertiary/aromatic N) is 2. The fourth-order valence-corrected chi connectivity index (χ4v) is 4.18. The molecule has 0 aliphatic carbocycles. The first kappa shape index (κ1) is 21.1. The van der Waals surface area contributed by atoms with Gasteiger partial charge >= 0.3 is 0 Å². The van der Waals surface area contributed by atoms with Crippen LogP contribution in [0.15, 0.2) is 24.3 Å². The van der Waals surface area contributed by atoms with Crippen LogP contribution in [0.25, 0.3) is 0 Å². The number of hydrogen-bond donors (Lipinski definition) is 1. The molecule has 1 N–H and O–H groups in total. The maximum Gasteiger partial charge on any atom is 0.253 e. The van der Waals surface area contributed by atoms with Crippen LogP contribution in [0.2, 0.25) is 0 Å². The van der Waals surface area contributed by atoms with Crippen LogP contribution in [-0.2, 0) is 10.5 Å². The van der Waals surface area contributed by atoms with E-state index in [9.17, 15) is 9.59 Å². The normalized spacial score (nSPS) is 20.7. The highest BCUT2D eigenvalue weighted by molar-refractivity contribution is 7.98. The van der Waals surface area contributed by atoms with Crippen molar-refractivity contribution in [1.29, 1.82) is 0 Å². The summed E-state index contributed by atoms with van der Waals surface area (Å²) in [5.74, 6) is 2.33. The van der Waals surface area contributed by atoms with Crippen LogP contribution in [0.3, 0.4) is 0 Å². The minimum absolute atomic E-state index is 0. The topological polar surface area (TPSA) is 52.7 Å². The van der Waals surface area contributed by atoms with E-state index in [0.717, 1.165) is 49.5 Å². The zero-order valence-electron chi connectivity index (χ0n) is 15.3. The lowest BCUT2D eigenvalue weighted by Gasteiger charge is -2.41. The SMILES string of the molecule is CCSCc1ccc(C(=O)N2CCCC(N3CCNCC3=O)C2)cc1.Cl. The van der Waals surface area contributed by atoms with Crippen LogP contribution in [0.5, 0.6) is 0 Å². The molecule has 5 nitrogen and oxygen atoms in total. The quantitative estimate of drug-likeness (QED) is 0.828. The summed E-state index contributed by atoms with van der Waals surface area (Å²) in [6.45, 7) is 5.59. The Hall–Kier alpha value is -1.24. The molecule has 2 heterocycles. The van der Waals surface area contributed by atoms with E-state index in [0.29, 0.717) is 13.1 Å². The van der Waals surface area contributed by atoms with Crippen LogP contribution in [0, 0.1) is 0 Å². The number of carbonyl (C=O) groups is 2. The second-order valence-electron chi connectivity index (χ2n) is 6.65. The lowest BCUT2D eigenvalue weighted by molar-refractivity contribution is -0.135. The molecule has 1 unspecified atom stereocenters. The molecule has 1 atom stereocenters. The van der Waals surface area contributed by atoms with E-state index in [1.807, 2.05) is 33.7 Å². The van der Waals surface area contributed by atoms with Gasteiger partial charge in [-0.1, -0.05) is 19.1 Å². The number of amides is 2.